The van der Waals surface area contributed by atoms with Gasteiger partial charge in [-0.25, -0.2) is 9.59 Å². The predicted octanol–water partition coefficient (Wildman–Crippen LogP) is 1.16. The summed E-state index contributed by atoms with van der Waals surface area (Å²) < 4.78 is 13.9. The first-order valence-corrected chi connectivity index (χ1v) is 4.42. The summed E-state index contributed by atoms with van der Waals surface area (Å²) in [6.45, 7) is 10.3. The van der Waals surface area contributed by atoms with E-state index in [2.05, 4.69) is 22.6 Å². The normalized spacial score (nSPS) is 8.93. The fourth-order valence-electron chi connectivity index (χ4n) is 0.655. The summed E-state index contributed by atoms with van der Waals surface area (Å²) >= 11 is 0. The first-order chi connectivity index (χ1) is 7.02. The quantitative estimate of drug-likeness (QED) is 0.377. The highest BCUT2D eigenvalue weighted by Gasteiger charge is 2.16. The van der Waals surface area contributed by atoms with Gasteiger partial charge in [-0.2, -0.15) is 0 Å². The summed E-state index contributed by atoms with van der Waals surface area (Å²) in [5.74, 6) is -2.06. The Bertz CT molecular complexity index is 252. The lowest BCUT2D eigenvalue weighted by molar-refractivity contribution is -0.145. The van der Waals surface area contributed by atoms with Gasteiger partial charge in [0.25, 0.3) is 0 Å². The summed E-state index contributed by atoms with van der Waals surface area (Å²) in [6, 6.07) is 0. The largest absolute Gasteiger partial charge is 0.460 e. The molecule has 0 saturated heterocycles. The molecule has 0 heterocycles. The fourth-order valence-corrected chi connectivity index (χ4v) is 0.655. The molecule has 0 aliphatic carbocycles. The van der Waals surface area contributed by atoms with Crippen molar-refractivity contribution in [2.75, 3.05) is 13.2 Å². The fraction of sp³-hybridized carbons (Fsp3) is 0.400. The maximum Gasteiger partial charge on any atom is 0.373 e. The molecule has 0 saturated carbocycles. The molecular weight excluding hydrogens is 200 g/mol. The zero-order valence-electron chi connectivity index (χ0n) is 8.87. The first kappa shape index (κ1) is 13.2. The summed E-state index contributed by atoms with van der Waals surface area (Å²) in [5, 5.41) is 0. The van der Waals surface area contributed by atoms with E-state index in [1.807, 2.05) is 0 Å². The van der Waals surface area contributed by atoms with Gasteiger partial charge in [-0.05, 0) is 27.0 Å². The van der Waals surface area contributed by atoms with Crippen LogP contribution in [0.25, 0.3) is 0 Å². The van der Waals surface area contributed by atoms with E-state index in [1.165, 1.54) is 0 Å². The van der Waals surface area contributed by atoms with Crippen molar-refractivity contribution in [1.29, 1.82) is 0 Å². The maximum absolute atomic E-state index is 11.0. The third-order valence-corrected chi connectivity index (χ3v) is 1.25. The molecule has 0 aromatic rings. The molecule has 0 N–H and O–H groups in total. The highest BCUT2D eigenvalue weighted by Crippen LogP contribution is 2.06. The number of esters is 2. The van der Waals surface area contributed by atoms with Crippen LogP contribution in [0.15, 0.2) is 24.7 Å². The van der Waals surface area contributed by atoms with Crippen molar-refractivity contribution in [3.05, 3.63) is 24.7 Å². The number of rotatable bonds is 6. The predicted molar refractivity (Wildman–Crippen MR) is 52.6 cm³/mol. The van der Waals surface area contributed by atoms with Crippen LogP contribution in [0.1, 0.15) is 13.8 Å². The molecule has 0 fully saturated rings. The Labute approximate surface area is 88.3 Å². The van der Waals surface area contributed by atoms with Crippen LogP contribution in [0.2, 0.25) is 0 Å². The Kier molecular flexibility index (Phi) is 5.85. The van der Waals surface area contributed by atoms with Gasteiger partial charge in [0.15, 0.2) is 0 Å². The molecule has 5 heteroatoms. The molecule has 84 valence electrons. The van der Waals surface area contributed by atoms with E-state index in [0.717, 1.165) is 0 Å². The van der Waals surface area contributed by atoms with Gasteiger partial charge in [-0.3, -0.25) is 0 Å². The Morgan fingerprint density at radius 1 is 0.933 bits per heavy atom. The van der Waals surface area contributed by atoms with Gasteiger partial charge in [-0.1, -0.05) is 0 Å². The van der Waals surface area contributed by atoms with Crippen LogP contribution in [-0.2, 0) is 23.8 Å². The van der Waals surface area contributed by atoms with Crippen LogP contribution in [0, 0.1) is 0 Å². The van der Waals surface area contributed by atoms with Gasteiger partial charge in [0.1, 0.15) is 0 Å². The second-order valence-electron chi connectivity index (χ2n) is 2.39. The van der Waals surface area contributed by atoms with Crippen LogP contribution in [0.3, 0.4) is 0 Å². The number of ether oxygens (including phenoxy) is 3. The van der Waals surface area contributed by atoms with Gasteiger partial charge >= 0.3 is 11.9 Å². The van der Waals surface area contributed by atoms with E-state index in [9.17, 15) is 9.59 Å². The molecule has 5 nitrogen and oxygen atoms in total. The Hall–Kier alpha value is -1.78. The highest BCUT2D eigenvalue weighted by atomic mass is 16.6. The molecule has 0 radical (unpaired) electrons. The van der Waals surface area contributed by atoms with Crippen LogP contribution in [-0.4, -0.2) is 25.2 Å². The van der Waals surface area contributed by atoms with Crippen LogP contribution < -0.4 is 0 Å². The Morgan fingerprint density at radius 2 is 1.27 bits per heavy atom. The van der Waals surface area contributed by atoms with E-state index < -0.39 is 11.9 Å². The summed E-state index contributed by atoms with van der Waals surface area (Å²) in [6.07, 6.45) is 0. The van der Waals surface area contributed by atoms with Crippen molar-refractivity contribution < 1.29 is 23.8 Å². The van der Waals surface area contributed by atoms with Gasteiger partial charge < -0.3 is 14.2 Å². The van der Waals surface area contributed by atoms with Crippen LogP contribution >= 0.6 is 0 Å². The Balaban J connectivity index is 4.12. The number of carbonyl (C=O) groups excluding carboxylic acids is 2. The average Bonchev–Trinajstić information content (AvgIpc) is 2.18. The minimum absolute atomic E-state index is 0.201. The highest BCUT2D eigenvalue weighted by molar-refractivity contribution is 5.89. The molecule has 0 amide bonds. The van der Waals surface area contributed by atoms with Crippen molar-refractivity contribution >= 4 is 11.9 Å². The second kappa shape index (κ2) is 6.64. The van der Waals surface area contributed by atoms with Crippen molar-refractivity contribution in [2.24, 2.45) is 0 Å². The lowest BCUT2D eigenvalue weighted by Crippen LogP contribution is -2.14. The molecule has 0 spiro atoms. The van der Waals surface area contributed by atoms with E-state index in [-0.39, 0.29) is 24.7 Å². The molecule has 0 aliphatic heterocycles. The molecule has 0 aromatic carbocycles. The maximum atomic E-state index is 11.0. The monoisotopic (exact) mass is 214 g/mol. The van der Waals surface area contributed by atoms with Crippen LogP contribution in [0.4, 0.5) is 0 Å². The molecule has 0 aromatic heterocycles. The van der Waals surface area contributed by atoms with Crippen LogP contribution in [0.5, 0.6) is 0 Å². The second-order valence-corrected chi connectivity index (χ2v) is 2.39. The van der Waals surface area contributed by atoms with E-state index in [4.69, 9.17) is 4.74 Å². The molecular formula is C10H14O5. The van der Waals surface area contributed by atoms with Gasteiger partial charge in [0.2, 0.25) is 11.5 Å². The summed E-state index contributed by atoms with van der Waals surface area (Å²) in [7, 11) is 0. The van der Waals surface area contributed by atoms with E-state index >= 15 is 0 Å². The molecule has 0 atom stereocenters. The zero-order valence-corrected chi connectivity index (χ0v) is 8.87. The topological polar surface area (TPSA) is 61.8 Å². The molecule has 0 unspecified atom stereocenters. The molecule has 15 heavy (non-hydrogen) atoms. The summed E-state index contributed by atoms with van der Waals surface area (Å²) in [4.78, 5) is 22.0. The van der Waals surface area contributed by atoms with E-state index in [0.29, 0.717) is 0 Å². The number of carbonyl (C=O) groups is 2. The van der Waals surface area contributed by atoms with Gasteiger partial charge in [0, 0.05) is 0 Å². The van der Waals surface area contributed by atoms with E-state index in [1.54, 1.807) is 13.8 Å². The number of hydrogen-bond acceptors (Lipinski definition) is 5. The zero-order chi connectivity index (χ0) is 11.8. The third-order valence-electron chi connectivity index (χ3n) is 1.25. The summed E-state index contributed by atoms with van der Waals surface area (Å²) in [5.41, 5.74) is 0. The lowest BCUT2D eigenvalue weighted by atomic mass is 10.5. The molecule has 0 aliphatic rings. The van der Waals surface area contributed by atoms with Crippen molar-refractivity contribution in [3.8, 4) is 0 Å². The third kappa shape index (κ3) is 4.85. The molecule has 0 bridgehead atoms. The van der Waals surface area contributed by atoms with Crippen molar-refractivity contribution in [2.45, 2.75) is 13.8 Å². The number of hydrogen-bond donors (Lipinski definition) is 0. The minimum atomic E-state index is -0.733. The minimum Gasteiger partial charge on any atom is -0.460 e. The van der Waals surface area contributed by atoms with Crippen molar-refractivity contribution in [3.63, 3.8) is 0 Å². The average molecular weight is 214 g/mol. The van der Waals surface area contributed by atoms with Gasteiger partial charge in [0.05, 0.1) is 13.2 Å². The van der Waals surface area contributed by atoms with Gasteiger partial charge in [-0.15, -0.1) is 0 Å². The smallest absolute Gasteiger partial charge is 0.373 e. The molecule has 0 rings (SSSR count). The van der Waals surface area contributed by atoms with Crippen molar-refractivity contribution in [1.82, 2.24) is 0 Å². The SMILES string of the molecule is C=C(OC(=C)C(=O)OCC)C(=O)OCC. The lowest BCUT2D eigenvalue weighted by Gasteiger charge is -2.08. The standard InChI is InChI=1S/C10H14O5/c1-5-13-9(11)7(3)15-8(4)10(12)14-6-2/h3-6H2,1-2H3. The Morgan fingerprint density at radius 3 is 1.53 bits per heavy atom. The first-order valence-electron chi connectivity index (χ1n) is 4.42.